The molecule has 0 saturated heterocycles. The summed E-state index contributed by atoms with van der Waals surface area (Å²) in [6.07, 6.45) is 1.16. The van der Waals surface area contributed by atoms with Crippen molar-refractivity contribution in [2.75, 3.05) is 24.7 Å². The van der Waals surface area contributed by atoms with Crippen LogP contribution in [0, 0.1) is 13.8 Å². The van der Waals surface area contributed by atoms with Gasteiger partial charge in [0.25, 0.3) is 0 Å². The lowest BCUT2D eigenvalue weighted by atomic mass is 10.1. The summed E-state index contributed by atoms with van der Waals surface area (Å²) >= 11 is 0. The minimum absolute atomic E-state index is 0.143. The van der Waals surface area contributed by atoms with Crippen molar-refractivity contribution in [3.05, 3.63) is 53.1 Å². The van der Waals surface area contributed by atoms with E-state index in [1.54, 1.807) is 0 Å². The first-order chi connectivity index (χ1) is 12.1. The SMILES string of the molecule is CCN(C(=O)CCc1ccc2c(c1)OCCO2)c1ccc(C)cc1C. The van der Waals surface area contributed by atoms with Crippen LogP contribution in [0.3, 0.4) is 0 Å². The van der Waals surface area contributed by atoms with Gasteiger partial charge in [0.1, 0.15) is 13.2 Å². The second-order valence-corrected chi connectivity index (χ2v) is 6.41. The molecule has 0 aromatic heterocycles. The third-order valence-electron chi connectivity index (χ3n) is 4.49. The van der Waals surface area contributed by atoms with Crippen LogP contribution in [0.4, 0.5) is 5.69 Å². The highest BCUT2D eigenvalue weighted by atomic mass is 16.6. The van der Waals surface area contributed by atoms with Gasteiger partial charge in [-0.15, -0.1) is 0 Å². The lowest BCUT2D eigenvalue weighted by Crippen LogP contribution is -2.31. The first kappa shape index (κ1) is 17.3. The Bertz CT molecular complexity index is 770. The predicted molar refractivity (Wildman–Crippen MR) is 99.7 cm³/mol. The zero-order chi connectivity index (χ0) is 17.8. The Hall–Kier alpha value is -2.49. The topological polar surface area (TPSA) is 38.8 Å². The second kappa shape index (κ2) is 7.60. The van der Waals surface area contributed by atoms with Crippen LogP contribution in [-0.4, -0.2) is 25.7 Å². The van der Waals surface area contributed by atoms with E-state index in [2.05, 4.69) is 26.0 Å². The molecule has 25 heavy (non-hydrogen) atoms. The van der Waals surface area contributed by atoms with Gasteiger partial charge in [0.15, 0.2) is 11.5 Å². The molecule has 4 heteroatoms. The fourth-order valence-electron chi connectivity index (χ4n) is 3.22. The van der Waals surface area contributed by atoms with Gasteiger partial charge in [0.2, 0.25) is 5.91 Å². The lowest BCUT2D eigenvalue weighted by Gasteiger charge is -2.23. The third-order valence-corrected chi connectivity index (χ3v) is 4.49. The molecular weight excluding hydrogens is 314 g/mol. The molecule has 1 heterocycles. The van der Waals surface area contributed by atoms with E-state index in [0.717, 1.165) is 28.3 Å². The van der Waals surface area contributed by atoms with Crippen molar-refractivity contribution in [1.82, 2.24) is 0 Å². The summed E-state index contributed by atoms with van der Waals surface area (Å²) < 4.78 is 11.2. The molecule has 0 saturated carbocycles. The fraction of sp³-hybridized carbons (Fsp3) is 0.381. The minimum atomic E-state index is 0.143. The van der Waals surface area contributed by atoms with Crippen LogP contribution < -0.4 is 14.4 Å². The van der Waals surface area contributed by atoms with E-state index in [0.29, 0.717) is 32.6 Å². The number of amides is 1. The van der Waals surface area contributed by atoms with E-state index < -0.39 is 0 Å². The van der Waals surface area contributed by atoms with Crippen LogP contribution >= 0.6 is 0 Å². The van der Waals surface area contributed by atoms with Crippen molar-refractivity contribution in [2.45, 2.75) is 33.6 Å². The van der Waals surface area contributed by atoms with Crippen molar-refractivity contribution in [2.24, 2.45) is 0 Å². The van der Waals surface area contributed by atoms with E-state index in [-0.39, 0.29) is 5.91 Å². The van der Waals surface area contributed by atoms with Crippen LogP contribution in [0.2, 0.25) is 0 Å². The summed E-state index contributed by atoms with van der Waals surface area (Å²) in [6.45, 7) is 7.97. The molecule has 1 aliphatic rings. The Kier molecular flexibility index (Phi) is 5.27. The average molecular weight is 339 g/mol. The maximum Gasteiger partial charge on any atom is 0.227 e. The Morgan fingerprint density at radius 3 is 2.52 bits per heavy atom. The number of fused-ring (bicyclic) bond motifs is 1. The Labute approximate surface area is 149 Å². The van der Waals surface area contributed by atoms with E-state index in [1.165, 1.54) is 5.56 Å². The first-order valence-electron chi connectivity index (χ1n) is 8.84. The first-order valence-corrected chi connectivity index (χ1v) is 8.84. The summed E-state index contributed by atoms with van der Waals surface area (Å²) in [5, 5.41) is 0. The van der Waals surface area contributed by atoms with E-state index in [1.807, 2.05) is 36.1 Å². The van der Waals surface area contributed by atoms with Gasteiger partial charge in [-0.05, 0) is 56.5 Å². The summed E-state index contributed by atoms with van der Waals surface area (Å²) in [6, 6.07) is 12.1. The number of hydrogen-bond donors (Lipinski definition) is 0. The summed E-state index contributed by atoms with van der Waals surface area (Å²) in [5.74, 6) is 1.70. The van der Waals surface area contributed by atoms with E-state index >= 15 is 0 Å². The van der Waals surface area contributed by atoms with Crippen LogP contribution in [-0.2, 0) is 11.2 Å². The molecule has 0 spiro atoms. The number of ether oxygens (including phenoxy) is 2. The zero-order valence-corrected chi connectivity index (χ0v) is 15.2. The molecule has 0 bridgehead atoms. The van der Waals surface area contributed by atoms with Gasteiger partial charge in [-0.25, -0.2) is 0 Å². The van der Waals surface area contributed by atoms with Gasteiger partial charge in [-0.3, -0.25) is 4.79 Å². The van der Waals surface area contributed by atoms with Gasteiger partial charge < -0.3 is 14.4 Å². The monoisotopic (exact) mass is 339 g/mol. The van der Waals surface area contributed by atoms with Crippen LogP contribution in [0.5, 0.6) is 11.5 Å². The number of rotatable bonds is 5. The number of carbonyl (C=O) groups is 1. The number of aryl methyl sites for hydroxylation is 3. The molecule has 0 atom stereocenters. The van der Waals surface area contributed by atoms with Gasteiger partial charge in [-0.2, -0.15) is 0 Å². The molecule has 3 rings (SSSR count). The van der Waals surface area contributed by atoms with Gasteiger partial charge in [-0.1, -0.05) is 23.8 Å². The minimum Gasteiger partial charge on any atom is -0.486 e. The molecule has 1 aliphatic heterocycles. The number of hydrogen-bond acceptors (Lipinski definition) is 3. The molecule has 4 nitrogen and oxygen atoms in total. The van der Waals surface area contributed by atoms with Gasteiger partial charge >= 0.3 is 0 Å². The van der Waals surface area contributed by atoms with E-state index in [9.17, 15) is 4.79 Å². The maximum atomic E-state index is 12.7. The van der Waals surface area contributed by atoms with Gasteiger partial charge in [0.05, 0.1) is 0 Å². The molecule has 2 aromatic carbocycles. The van der Waals surface area contributed by atoms with E-state index in [4.69, 9.17) is 9.47 Å². The quantitative estimate of drug-likeness (QED) is 0.824. The molecule has 0 radical (unpaired) electrons. The van der Waals surface area contributed by atoms with Crippen LogP contribution in [0.1, 0.15) is 30.0 Å². The summed E-state index contributed by atoms with van der Waals surface area (Å²) in [4.78, 5) is 14.6. The number of nitrogens with zero attached hydrogens (tertiary/aromatic N) is 1. The van der Waals surface area contributed by atoms with Crippen molar-refractivity contribution < 1.29 is 14.3 Å². The Balaban J connectivity index is 1.68. The highest BCUT2D eigenvalue weighted by molar-refractivity contribution is 5.94. The normalized spacial score (nSPS) is 12.8. The summed E-state index contributed by atoms with van der Waals surface area (Å²) in [5.41, 5.74) is 4.44. The van der Waals surface area contributed by atoms with Crippen LogP contribution in [0.25, 0.3) is 0 Å². The second-order valence-electron chi connectivity index (χ2n) is 6.41. The fourth-order valence-corrected chi connectivity index (χ4v) is 3.22. The molecular formula is C21H25NO3. The number of carbonyl (C=O) groups excluding carboxylic acids is 1. The predicted octanol–water partition coefficient (Wildman–Crippen LogP) is 4.06. The molecule has 0 unspecified atom stereocenters. The molecule has 132 valence electrons. The molecule has 2 aromatic rings. The van der Waals surface area contributed by atoms with Crippen molar-refractivity contribution >= 4 is 11.6 Å². The lowest BCUT2D eigenvalue weighted by molar-refractivity contribution is -0.118. The average Bonchev–Trinajstić information content (AvgIpc) is 2.62. The Morgan fingerprint density at radius 1 is 1.04 bits per heavy atom. The molecule has 0 fully saturated rings. The van der Waals surface area contributed by atoms with Gasteiger partial charge in [0, 0.05) is 18.7 Å². The highest BCUT2D eigenvalue weighted by Gasteiger charge is 2.17. The molecule has 0 N–H and O–H groups in total. The zero-order valence-electron chi connectivity index (χ0n) is 15.2. The van der Waals surface area contributed by atoms with Crippen molar-refractivity contribution in [3.63, 3.8) is 0 Å². The molecule has 0 aliphatic carbocycles. The number of benzene rings is 2. The summed E-state index contributed by atoms with van der Waals surface area (Å²) in [7, 11) is 0. The Morgan fingerprint density at radius 2 is 1.80 bits per heavy atom. The largest absolute Gasteiger partial charge is 0.486 e. The molecule has 1 amide bonds. The van der Waals surface area contributed by atoms with Crippen molar-refractivity contribution in [3.8, 4) is 11.5 Å². The highest BCUT2D eigenvalue weighted by Crippen LogP contribution is 2.31. The van der Waals surface area contributed by atoms with Crippen LogP contribution in [0.15, 0.2) is 36.4 Å². The number of anilines is 1. The standard InChI is InChI=1S/C21H25NO3/c1-4-22(18-8-5-15(2)13-16(18)3)21(23)10-7-17-6-9-19-20(14-17)25-12-11-24-19/h5-6,8-9,13-14H,4,7,10-12H2,1-3H3. The third kappa shape index (κ3) is 3.95. The maximum absolute atomic E-state index is 12.7. The smallest absolute Gasteiger partial charge is 0.227 e. The van der Waals surface area contributed by atoms with Crippen molar-refractivity contribution in [1.29, 1.82) is 0 Å².